The van der Waals surface area contributed by atoms with E-state index in [0.29, 0.717) is 17.1 Å². The van der Waals surface area contributed by atoms with Crippen molar-refractivity contribution in [2.75, 3.05) is 7.11 Å². The fourth-order valence-corrected chi connectivity index (χ4v) is 1.86. The Morgan fingerprint density at radius 1 is 1.10 bits per heavy atom. The van der Waals surface area contributed by atoms with E-state index >= 15 is 0 Å². The van der Waals surface area contributed by atoms with E-state index < -0.39 is 17.7 Å². The number of hydrogen-bond acceptors (Lipinski definition) is 3. The van der Waals surface area contributed by atoms with Gasteiger partial charge in [-0.25, -0.2) is 8.78 Å². The van der Waals surface area contributed by atoms with Gasteiger partial charge in [0, 0.05) is 11.6 Å². The maximum absolute atomic E-state index is 13.5. The monoisotopic (exact) mass is 294 g/mol. The summed E-state index contributed by atoms with van der Waals surface area (Å²) in [6, 6.07) is 8.32. The van der Waals surface area contributed by atoms with Gasteiger partial charge in [0.2, 0.25) is 0 Å². The molecule has 2 aromatic rings. The number of ether oxygens (including phenoxy) is 2. The van der Waals surface area contributed by atoms with Crippen molar-refractivity contribution in [2.24, 2.45) is 0 Å². The largest absolute Gasteiger partial charge is 0.493 e. The highest BCUT2D eigenvalue weighted by Crippen LogP contribution is 2.31. The zero-order valence-electron chi connectivity index (χ0n) is 11.8. The lowest BCUT2D eigenvalue weighted by atomic mass is 10.1. The van der Waals surface area contributed by atoms with Crippen LogP contribution in [0.25, 0.3) is 0 Å². The van der Waals surface area contributed by atoms with E-state index in [1.807, 2.05) is 0 Å². The quantitative estimate of drug-likeness (QED) is 0.915. The van der Waals surface area contributed by atoms with Crippen molar-refractivity contribution in [3.05, 3.63) is 59.2 Å². The Morgan fingerprint density at radius 3 is 2.48 bits per heavy atom. The van der Waals surface area contributed by atoms with E-state index in [2.05, 4.69) is 0 Å². The number of benzene rings is 2. The molecule has 0 saturated heterocycles. The molecule has 5 heteroatoms. The highest BCUT2D eigenvalue weighted by molar-refractivity contribution is 5.43. The van der Waals surface area contributed by atoms with Gasteiger partial charge in [-0.05, 0) is 36.8 Å². The lowest BCUT2D eigenvalue weighted by molar-refractivity contribution is 0.198. The van der Waals surface area contributed by atoms with E-state index in [1.165, 1.54) is 19.2 Å². The van der Waals surface area contributed by atoms with Gasteiger partial charge in [-0.1, -0.05) is 6.07 Å². The van der Waals surface area contributed by atoms with Gasteiger partial charge < -0.3 is 14.6 Å². The van der Waals surface area contributed by atoms with Crippen LogP contribution in [0.3, 0.4) is 0 Å². The lowest BCUT2D eigenvalue weighted by Gasteiger charge is -2.13. The predicted molar refractivity (Wildman–Crippen MR) is 74.3 cm³/mol. The molecular weight excluding hydrogens is 278 g/mol. The minimum atomic E-state index is -0.658. The molecule has 1 atom stereocenters. The molecule has 0 bridgehead atoms. The number of hydrogen-bond donors (Lipinski definition) is 1. The van der Waals surface area contributed by atoms with Gasteiger partial charge in [0.25, 0.3) is 0 Å². The van der Waals surface area contributed by atoms with Crippen LogP contribution in [-0.4, -0.2) is 12.2 Å². The number of aliphatic hydroxyl groups is 1. The molecule has 0 amide bonds. The molecule has 21 heavy (non-hydrogen) atoms. The molecule has 0 saturated carbocycles. The summed E-state index contributed by atoms with van der Waals surface area (Å²) in [7, 11) is 1.48. The second-order valence-corrected chi connectivity index (χ2v) is 4.61. The van der Waals surface area contributed by atoms with Crippen LogP contribution in [0.15, 0.2) is 36.4 Å². The Hall–Kier alpha value is -2.14. The van der Waals surface area contributed by atoms with Crippen molar-refractivity contribution in [1.82, 2.24) is 0 Å². The number of aliphatic hydroxyl groups excluding tert-OH is 1. The van der Waals surface area contributed by atoms with Gasteiger partial charge in [0.05, 0.1) is 13.2 Å². The Balaban J connectivity index is 2.16. The van der Waals surface area contributed by atoms with Crippen LogP contribution in [0.2, 0.25) is 0 Å². The van der Waals surface area contributed by atoms with Crippen LogP contribution in [0.4, 0.5) is 8.78 Å². The minimum Gasteiger partial charge on any atom is -0.493 e. The zero-order chi connectivity index (χ0) is 15.4. The number of methoxy groups -OCH3 is 1. The summed E-state index contributed by atoms with van der Waals surface area (Å²) in [6.45, 7) is 1.60. The molecule has 2 aromatic carbocycles. The van der Waals surface area contributed by atoms with Gasteiger partial charge in [-0.2, -0.15) is 0 Å². The minimum absolute atomic E-state index is 0.0451. The summed E-state index contributed by atoms with van der Waals surface area (Å²) in [6.07, 6.45) is -0.623. The molecule has 0 aliphatic heterocycles. The topological polar surface area (TPSA) is 38.7 Å². The second kappa shape index (κ2) is 6.54. The molecular formula is C16H16F2O3. The van der Waals surface area contributed by atoms with Crippen LogP contribution < -0.4 is 9.47 Å². The maximum Gasteiger partial charge on any atom is 0.161 e. The van der Waals surface area contributed by atoms with Crippen molar-refractivity contribution >= 4 is 0 Å². The van der Waals surface area contributed by atoms with Crippen LogP contribution in [0, 0.1) is 11.6 Å². The van der Waals surface area contributed by atoms with Crippen LogP contribution in [0.5, 0.6) is 11.5 Å². The molecule has 0 radical (unpaired) electrons. The lowest BCUT2D eigenvalue weighted by Crippen LogP contribution is -2.01. The Bertz CT molecular complexity index is 627. The van der Waals surface area contributed by atoms with Gasteiger partial charge >= 0.3 is 0 Å². The van der Waals surface area contributed by atoms with E-state index in [-0.39, 0.29) is 12.2 Å². The molecule has 1 N–H and O–H groups in total. The zero-order valence-corrected chi connectivity index (χ0v) is 11.8. The van der Waals surface area contributed by atoms with Crippen molar-refractivity contribution in [3.8, 4) is 11.5 Å². The highest BCUT2D eigenvalue weighted by Gasteiger charge is 2.10. The molecule has 3 nitrogen and oxygen atoms in total. The third-order valence-electron chi connectivity index (χ3n) is 3.07. The first-order chi connectivity index (χ1) is 10.0. The average molecular weight is 294 g/mol. The highest BCUT2D eigenvalue weighted by atomic mass is 19.1. The van der Waals surface area contributed by atoms with E-state index in [1.54, 1.807) is 25.1 Å². The van der Waals surface area contributed by atoms with E-state index in [4.69, 9.17) is 9.47 Å². The average Bonchev–Trinajstić information content (AvgIpc) is 2.46. The summed E-state index contributed by atoms with van der Waals surface area (Å²) >= 11 is 0. The fourth-order valence-electron chi connectivity index (χ4n) is 1.86. The van der Waals surface area contributed by atoms with Crippen molar-refractivity contribution in [3.63, 3.8) is 0 Å². The number of rotatable bonds is 5. The first kappa shape index (κ1) is 15.3. The SMILES string of the molecule is COc1cc(C(C)O)ccc1OCc1ccc(F)cc1F. The van der Waals surface area contributed by atoms with Gasteiger partial charge in [0.1, 0.15) is 18.2 Å². The number of halogens is 2. The van der Waals surface area contributed by atoms with E-state index in [9.17, 15) is 13.9 Å². The van der Waals surface area contributed by atoms with Gasteiger partial charge in [0.15, 0.2) is 11.5 Å². The Kier molecular flexibility index (Phi) is 4.75. The molecule has 0 aliphatic rings. The first-order valence-electron chi connectivity index (χ1n) is 6.44. The van der Waals surface area contributed by atoms with Gasteiger partial charge in [-0.15, -0.1) is 0 Å². The van der Waals surface area contributed by atoms with Crippen molar-refractivity contribution in [2.45, 2.75) is 19.6 Å². The molecule has 112 valence electrons. The Labute approximate surface area is 121 Å². The summed E-state index contributed by atoms with van der Waals surface area (Å²) in [5.74, 6) is -0.425. The first-order valence-corrected chi connectivity index (χ1v) is 6.44. The summed E-state index contributed by atoms with van der Waals surface area (Å²) in [5.41, 5.74) is 0.935. The predicted octanol–water partition coefficient (Wildman–Crippen LogP) is 3.61. The normalized spacial score (nSPS) is 12.0. The molecule has 0 aromatic heterocycles. The van der Waals surface area contributed by atoms with Crippen LogP contribution in [0.1, 0.15) is 24.2 Å². The standard InChI is InChI=1S/C16H16F2O3/c1-10(19)11-4-6-15(16(7-11)20-2)21-9-12-3-5-13(17)8-14(12)18/h3-8,10,19H,9H2,1-2H3. The third kappa shape index (κ3) is 3.70. The van der Waals surface area contributed by atoms with Crippen molar-refractivity contribution in [1.29, 1.82) is 0 Å². The third-order valence-corrected chi connectivity index (χ3v) is 3.07. The molecule has 0 aliphatic carbocycles. The van der Waals surface area contributed by atoms with E-state index in [0.717, 1.165) is 6.07 Å². The van der Waals surface area contributed by atoms with Crippen LogP contribution in [-0.2, 0) is 6.61 Å². The van der Waals surface area contributed by atoms with Crippen LogP contribution >= 0.6 is 0 Å². The summed E-state index contributed by atoms with van der Waals surface area (Å²) < 4.78 is 37.0. The molecule has 0 spiro atoms. The smallest absolute Gasteiger partial charge is 0.161 e. The Morgan fingerprint density at radius 2 is 1.86 bits per heavy atom. The molecule has 1 unspecified atom stereocenters. The fraction of sp³-hybridized carbons (Fsp3) is 0.250. The summed E-state index contributed by atoms with van der Waals surface area (Å²) in [5, 5.41) is 9.52. The molecule has 0 fully saturated rings. The maximum atomic E-state index is 13.5. The molecule has 0 heterocycles. The molecule has 2 rings (SSSR count). The summed E-state index contributed by atoms with van der Waals surface area (Å²) in [4.78, 5) is 0. The second-order valence-electron chi connectivity index (χ2n) is 4.61. The van der Waals surface area contributed by atoms with Gasteiger partial charge in [-0.3, -0.25) is 0 Å². The van der Waals surface area contributed by atoms with Crippen molar-refractivity contribution < 1.29 is 23.4 Å².